The highest BCUT2D eigenvalue weighted by Crippen LogP contribution is 2.33. The number of hydrogen-bond acceptors (Lipinski definition) is 6. The first-order chi connectivity index (χ1) is 13.9. The number of nitrogens with one attached hydrogen (secondary N) is 1. The first kappa shape index (κ1) is 21.7. The van der Waals surface area contributed by atoms with Crippen LogP contribution < -0.4 is 5.32 Å². The molecule has 0 aliphatic rings. The number of alkyl halides is 6. The minimum atomic E-state index is -4.69. The van der Waals surface area contributed by atoms with Crippen molar-refractivity contribution >= 4 is 22.4 Å². The Morgan fingerprint density at radius 2 is 1.77 bits per heavy atom. The molecule has 0 radical (unpaired) electrons. The average Bonchev–Trinajstić information content (AvgIpc) is 3.27. The van der Waals surface area contributed by atoms with Crippen LogP contribution in [0.5, 0.6) is 0 Å². The predicted octanol–water partition coefficient (Wildman–Crippen LogP) is 4.53. The smallest absolute Gasteiger partial charge is 0.296 e. The molecule has 0 saturated carbocycles. The second-order valence-electron chi connectivity index (χ2n) is 6.28. The third kappa shape index (κ3) is 4.42. The van der Waals surface area contributed by atoms with Gasteiger partial charge in [-0.05, 0) is 18.1 Å². The summed E-state index contributed by atoms with van der Waals surface area (Å²) >= 11 is 0.159. The van der Waals surface area contributed by atoms with Crippen molar-refractivity contribution in [3.8, 4) is 5.82 Å². The van der Waals surface area contributed by atoms with Gasteiger partial charge in [-0.2, -0.15) is 31.4 Å². The van der Waals surface area contributed by atoms with E-state index in [1.54, 1.807) is 13.8 Å². The SMILES string of the molecule is CC(C)c1c(C(=O)Nc2nnc(C(F)(F)F)s2)cnn1-c1ccc(C(F)(F)F)cn1. The lowest BCUT2D eigenvalue weighted by Gasteiger charge is -2.12. The van der Waals surface area contributed by atoms with Crippen LogP contribution in [0.25, 0.3) is 5.82 Å². The van der Waals surface area contributed by atoms with E-state index in [0.717, 1.165) is 18.3 Å². The minimum absolute atomic E-state index is 0.00968. The number of pyridine rings is 1. The Bertz CT molecular complexity index is 1050. The van der Waals surface area contributed by atoms with Crippen LogP contribution >= 0.6 is 11.3 Å². The summed E-state index contributed by atoms with van der Waals surface area (Å²) in [6, 6.07) is 1.93. The van der Waals surface area contributed by atoms with Gasteiger partial charge in [-0.1, -0.05) is 25.2 Å². The van der Waals surface area contributed by atoms with Crippen LogP contribution in [0.4, 0.5) is 31.5 Å². The van der Waals surface area contributed by atoms with E-state index in [2.05, 4.69) is 25.6 Å². The average molecular weight is 450 g/mol. The van der Waals surface area contributed by atoms with Crippen molar-refractivity contribution in [3.63, 3.8) is 0 Å². The maximum atomic E-state index is 12.7. The maximum Gasteiger partial charge on any atom is 0.445 e. The molecule has 3 aromatic rings. The topological polar surface area (TPSA) is 85.6 Å². The zero-order chi connectivity index (χ0) is 22.3. The van der Waals surface area contributed by atoms with E-state index in [9.17, 15) is 31.1 Å². The summed E-state index contributed by atoms with van der Waals surface area (Å²) in [5.74, 6) is -1.07. The largest absolute Gasteiger partial charge is 0.445 e. The molecule has 3 heterocycles. The van der Waals surface area contributed by atoms with Gasteiger partial charge in [0.15, 0.2) is 5.82 Å². The Hall–Kier alpha value is -3.03. The molecule has 7 nitrogen and oxygen atoms in total. The number of hydrogen-bond donors (Lipinski definition) is 1. The summed E-state index contributed by atoms with van der Waals surface area (Å²) in [5.41, 5.74) is -0.630. The van der Waals surface area contributed by atoms with Crippen molar-refractivity contribution in [2.75, 3.05) is 5.32 Å². The van der Waals surface area contributed by atoms with Crippen LogP contribution in [0, 0.1) is 0 Å². The summed E-state index contributed by atoms with van der Waals surface area (Å²) in [5, 5.41) is 10.9. The van der Waals surface area contributed by atoms with E-state index in [0.29, 0.717) is 11.9 Å². The summed E-state index contributed by atoms with van der Waals surface area (Å²) in [7, 11) is 0. The molecule has 1 amide bonds. The molecule has 0 aliphatic heterocycles. The maximum absolute atomic E-state index is 12.7. The molecule has 0 fully saturated rings. The van der Waals surface area contributed by atoms with Crippen LogP contribution in [-0.4, -0.2) is 30.9 Å². The number of aromatic nitrogens is 5. The van der Waals surface area contributed by atoms with E-state index in [1.165, 1.54) is 4.68 Å². The van der Waals surface area contributed by atoms with Gasteiger partial charge in [0.1, 0.15) is 0 Å². The molecule has 30 heavy (non-hydrogen) atoms. The number of carbonyl (C=O) groups is 1. The van der Waals surface area contributed by atoms with E-state index in [4.69, 9.17) is 0 Å². The first-order valence-corrected chi connectivity index (χ1v) is 9.03. The van der Waals surface area contributed by atoms with Crippen LogP contribution in [0.1, 0.15) is 46.4 Å². The second-order valence-corrected chi connectivity index (χ2v) is 7.25. The number of carbonyl (C=O) groups excluding carboxylic acids is 1. The highest BCUT2D eigenvalue weighted by atomic mass is 32.1. The summed E-state index contributed by atoms with van der Waals surface area (Å²) in [6.07, 6.45) is -7.46. The van der Waals surface area contributed by atoms with Crippen LogP contribution in [0.15, 0.2) is 24.5 Å². The Kier molecular flexibility index (Phi) is 5.54. The molecule has 160 valence electrons. The van der Waals surface area contributed by atoms with Gasteiger partial charge in [-0.15, -0.1) is 10.2 Å². The fourth-order valence-corrected chi connectivity index (χ4v) is 3.11. The second kappa shape index (κ2) is 7.66. The summed E-state index contributed by atoms with van der Waals surface area (Å²) in [6.45, 7) is 3.42. The molecular weight excluding hydrogens is 438 g/mol. The summed E-state index contributed by atoms with van der Waals surface area (Å²) < 4.78 is 77.3. The zero-order valence-corrected chi connectivity index (χ0v) is 16.0. The van der Waals surface area contributed by atoms with E-state index >= 15 is 0 Å². The van der Waals surface area contributed by atoms with Gasteiger partial charge in [-0.25, -0.2) is 9.67 Å². The predicted molar refractivity (Wildman–Crippen MR) is 93.3 cm³/mol. The van der Waals surface area contributed by atoms with Crippen molar-refractivity contribution in [1.29, 1.82) is 0 Å². The quantitative estimate of drug-likeness (QED) is 0.591. The van der Waals surface area contributed by atoms with Gasteiger partial charge >= 0.3 is 12.4 Å². The lowest BCUT2D eigenvalue weighted by atomic mass is 10.1. The Morgan fingerprint density at radius 1 is 1.07 bits per heavy atom. The number of anilines is 1. The third-order valence-corrected chi connectivity index (χ3v) is 4.66. The van der Waals surface area contributed by atoms with Crippen molar-refractivity contribution < 1.29 is 31.1 Å². The third-order valence-electron chi connectivity index (χ3n) is 3.78. The van der Waals surface area contributed by atoms with Gasteiger partial charge in [0, 0.05) is 6.20 Å². The molecule has 0 bridgehead atoms. The lowest BCUT2D eigenvalue weighted by Crippen LogP contribution is -2.16. The molecule has 0 atom stereocenters. The number of nitrogens with zero attached hydrogens (tertiary/aromatic N) is 5. The number of rotatable bonds is 4. The molecule has 0 spiro atoms. The molecule has 0 aliphatic carbocycles. The van der Waals surface area contributed by atoms with Crippen molar-refractivity contribution in [3.05, 3.63) is 46.4 Å². The van der Waals surface area contributed by atoms with E-state index in [-0.39, 0.29) is 33.8 Å². The van der Waals surface area contributed by atoms with Crippen LogP contribution in [0.3, 0.4) is 0 Å². The number of amides is 1. The Balaban J connectivity index is 1.91. The lowest BCUT2D eigenvalue weighted by molar-refractivity contribution is -0.138. The fourth-order valence-electron chi connectivity index (χ4n) is 2.50. The molecule has 0 unspecified atom stereocenters. The zero-order valence-electron chi connectivity index (χ0n) is 15.2. The molecule has 3 aromatic heterocycles. The van der Waals surface area contributed by atoms with Crippen LogP contribution in [-0.2, 0) is 12.4 Å². The molecular formula is C16H12F6N6OS. The van der Waals surface area contributed by atoms with Gasteiger partial charge in [0.05, 0.1) is 23.0 Å². The molecule has 0 aromatic carbocycles. The highest BCUT2D eigenvalue weighted by Gasteiger charge is 2.36. The standard InChI is InChI=1S/C16H12F6N6OS/c1-7(2)11-9(12(29)25-14-27-26-13(30-14)16(20,21)22)6-24-28(11)10-4-3-8(5-23-10)15(17,18)19/h3-7H,1-2H3,(H,25,27,29). The van der Waals surface area contributed by atoms with Gasteiger partial charge in [0.25, 0.3) is 5.91 Å². The van der Waals surface area contributed by atoms with E-state index in [1.807, 2.05) is 0 Å². The Morgan fingerprint density at radius 3 is 2.27 bits per heavy atom. The first-order valence-electron chi connectivity index (χ1n) is 8.21. The fraction of sp³-hybridized carbons (Fsp3) is 0.312. The molecule has 1 N–H and O–H groups in total. The van der Waals surface area contributed by atoms with Gasteiger partial charge < -0.3 is 0 Å². The Labute approximate surface area is 168 Å². The van der Waals surface area contributed by atoms with Crippen molar-refractivity contribution in [2.24, 2.45) is 0 Å². The van der Waals surface area contributed by atoms with Gasteiger partial charge in [0.2, 0.25) is 10.1 Å². The monoisotopic (exact) mass is 450 g/mol. The summed E-state index contributed by atoms with van der Waals surface area (Å²) in [4.78, 5) is 16.3. The van der Waals surface area contributed by atoms with E-state index < -0.39 is 28.8 Å². The van der Waals surface area contributed by atoms with Crippen LogP contribution in [0.2, 0.25) is 0 Å². The highest BCUT2D eigenvalue weighted by molar-refractivity contribution is 7.15. The normalized spacial score (nSPS) is 12.4. The minimum Gasteiger partial charge on any atom is -0.296 e. The molecule has 3 rings (SSSR count). The molecule has 14 heteroatoms. The van der Waals surface area contributed by atoms with Crippen molar-refractivity contribution in [1.82, 2.24) is 25.0 Å². The van der Waals surface area contributed by atoms with Gasteiger partial charge in [-0.3, -0.25) is 10.1 Å². The molecule has 0 saturated heterocycles. The van der Waals surface area contributed by atoms with Crippen molar-refractivity contribution in [2.45, 2.75) is 32.1 Å². The number of halogens is 6.